The van der Waals surface area contributed by atoms with E-state index in [1.54, 1.807) is 32.9 Å². The molecule has 9 heteroatoms. The number of amides is 1. The minimum atomic E-state index is -1.03. The second-order valence-electron chi connectivity index (χ2n) is 7.92. The van der Waals surface area contributed by atoms with E-state index in [9.17, 15) is 13.6 Å². The number of halogens is 3. The zero-order chi connectivity index (χ0) is 20.5. The van der Waals surface area contributed by atoms with Gasteiger partial charge in [0.15, 0.2) is 5.17 Å². The van der Waals surface area contributed by atoms with E-state index in [4.69, 9.17) is 14.5 Å². The molecule has 0 saturated carbocycles. The van der Waals surface area contributed by atoms with Crippen LogP contribution in [0, 0.1) is 11.7 Å². The number of alkyl carbamates (subject to hydrolysis) is 1. The van der Waals surface area contributed by atoms with E-state index in [-0.39, 0.29) is 12.5 Å². The molecule has 2 aliphatic heterocycles. The number of alkyl halides is 1. The van der Waals surface area contributed by atoms with Crippen molar-refractivity contribution in [2.45, 2.75) is 44.4 Å². The summed E-state index contributed by atoms with van der Waals surface area (Å²) >= 11 is 4.72. The van der Waals surface area contributed by atoms with Crippen LogP contribution in [-0.4, -0.2) is 42.0 Å². The number of carbonyl (C=O) groups is 1. The van der Waals surface area contributed by atoms with Crippen LogP contribution in [0.5, 0.6) is 0 Å². The van der Waals surface area contributed by atoms with Gasteiger partial charge in [-0.05, 0) is 45.4 Å². The van der Waals surface area contributed by atoms with Gasteiger partial charge in [-0.15, -0.1) is 0 Å². The first-order valence-electron chi connectivity index (χ1n) is 8.99. The number of hydrogen-bond acceptors (Lipinski definition) is 5. The van der Waals surface area contributed by atoms with Crippen LogP contribution in [0.3, 0.4) is 0 Å². The highest BCUT2D eigenvalue weighted by molar-refractivity contribution is 9.10. The highest BCUT2D eigenvalue weighted by Gasteiger charge is 2.50. The van der Waals surface area contributed by atoms with Gasteiger partial charge in [-0.25, -0.2) is 18.6 Å². The van der Waals surface area contributed by atoms with Crippen LogP contribution in [0.2, 0.25) is 0 Å². The maximum absolute atomic E-state index is 14.8. The molecule has 5 nitrogen and oxygen atoms in total. The number of carbonyl (C=O) groups excluding carboxylic acids is 1. The molecule has 1 aromatic rings. The van der Waals surface area contributed by atoms with E-state index in [2.05, 4.69) is 21.2 Å². The van der Waals surface area contributed by atoms with Gasteiger partial charge in [0.2, 0.25) is 0 Å². The standard InChI is InChI=1S/C19H23BrF2N2O3S/c1-18(2,3)27-17(25)23-16-24-19(14-7-12(20)4-5-15(14)22)10-26-13(8-21)6-11(19)9-28-16/h4-5,7,11,13H,6,8-10H2,1-3H3,(H,23,24,25)/t11?,13-,19?/m1/s1. The van der Waals surface area contributed by atoms with Crippen LogP contribution in [0.25, 0.3) is 0 Å². The largest absolute Gasteiger partial charge is 0.444 e. The third-order valence-corrected chi connectivity index (χ3v) is 6.19. The summed E-state index contributed by atoms with van der Waals surface area (Å²) in [5.74, 6) is 0.0169. The lowest BCUT2D eigenvalue weighted by molar-refractivity contribution is -0.0653. The van der Waals surface area contributed by atoms with Crippen LogP contribution in [-0.2, 0) is 15.0 Å². The van der Waals surface area contributed by atoms with Crippen molar-refractivity contribution in [2.75, 3.05) is 19.0 Å². The van der Waals surface area contributed by atoms with Gasteiger partial charge in [0.05, 0.1) is 12.7 Å². The number of amidine groups is 1. The van der Waals surface area contributed by atoms with Gasteiger partial charge in [-0.2, -0.15) is 0 Å². The zero-order valence-electron chi connectivity index (χ0n) is 15.9. The summed E-state index contributed by atoms with van der Waals surface area (Å²) in [6, 6.07) is 4.65. The molecule has 0 radical (unpaired) electrons. The van der Waals surface area contributed by atoms with E-state index in [1.807, 2.05) is 0 Å². The number of hydrogen-bond donors (Lipinski definition) is 1. The molecule has 1 aromatic carbocycles. The molecular formula is C19H23BrF2N2O3S. The predicted octanol–water partition coefficient (Wildman–Crippen LogP) is 4.79. The fourth-order valence-corrected chi connectivity index (χ4v) is 4.93. The zero-order valence-corrected chi connectivity index (χ0v) is 18.3. The molecule has 0 aliphatic carbocycles. The lowest BCUT2D eigenvalue weighted by Gasteiger charge is -2.46. The third kappa shape index (κ3) is 4.68. The third-order valence-electron chi connectivity index (χ3n) is 4.66. The monoisotopic (exact) mass is 476 g/mol. The molecule has 3 atom stereocenters. The maximum atomic E-state index is 14.8. The van der Waals surface area contributed by atoms with Gasteiger partial charge in [-0.3, -0.25) is 5.32 Å². The van der Waals surface area contributed by atoms with Gasteiger partial charge >= 0.3 is 6.09 Å². The summed E-state index contributed by atoms with van der Waals surface area (Å²) in [5, 5.41) is 2.99. The summed E-state index contributed by atoms with van der Waals surface area (Å²) < 4.78 is 39.6. The first-order valence-corrected chi connectivity index (χ1v) is 10.8. The van der Waals surface area contributed by atoms with E-state index < -0.39 is 35.8 Å². The van der Waals surface area contributed by atoms with Gasteiger partial charge in [0.1, 0.15) is 23.6 Å². The second kappa shape index (κ2) is 8.28. The quantitative estimate of drug-likeness (QED) is 0.666. The summed E-state index contributed by atoms with van der Waals surface area (Å²) in [6.07, 6.45) is -0.719. The van der Waals surface area contributed by atoms with Crippen molar-refractivity contribution in [3.63, 3.8) is 0 Å². The lowest BCUT2D eigenvalue weighted by atomic mass is 9.75. The van der Waals surface area contributed by atoms with Crippen molar-refractivity contribution in [3.8, 4) is 0 Å². The smallest absolute Gasteiger partial charge is 0.413 e. The van der Waals surface area contributed by atoms with Crippen molar-refractivity contribution in [3.05, 3.63) is 34.1 Å². The molecule has 0 bridgehead atoms. The summed E-state index contributed by atoms with van der Waals surface area (Å²) in [4.78, 5) is 16.9. The number of ether oxygens (including phenoxy) is 2. The molecule has 1 N–H and O–H groups in total. The van der Waals surface area contributed by atoms with E-state index in [0.717, 1.165) is 0 Å². The molecule has 2 unspecified atom stereocenters. The SMILES string of the molecule is CC(C)(C)OC(=O)NC1=NC2(c3cc(Br)ccc3F)CO[C@@H](CF)CC2CS1. The van der Waals surface area contributed by atoms with Crippen LogP contribution >= 0.6 is 27.7 Å². The Hall–Kier alpha value is -1.19. The van der Waals surface area contributed by atoms with E-state index in [1.165, 1.54) is 17.8 Å². The average Bonchev–Trinajstić information content (AvgIpc) is 2.61. The molecule has 1 amide bonds. The highest BCUT2D eigenvalue weighted by Crippen LogP contribution is 2.47. The number of thioether (sulfide) groups is 1. The number of benzene rings is 1. The molecule has 2 aliphatic rings. The molecule has 28 heavy (non-hydrogen) atoms. The average molecular weight is 477 g/mol. The Labute approximate surface area is 175 Å². The summed E-state index contributed by atoms with van der Waals surface area (Å²) in [7, 11) is 0. The summed E-state index contributed by atoms with van der Waals surface area (Å²) in [5.41, 5.74) is -1.31. The molecular weight excluding hydrogens is 454 g/mol. The Kier molecular flexibility index (Phi) is 6.36. The normalized spacial score (nSPS) is 27.6. The van der Waals surface area contributed by atoms with Crippen molar-refractivity contribution < 1.29 is 23.0 Å². The predicted molar refractivity (Wildman–Crippen MR) is 109 cm³/mol. The van der Waals surface area contributed by atoms with Crippen molar-refractivity contribution in [1.82, 2.24) is 5.32 Å². The first kappa shape index (κ1) is 21.5. The van der Waals surface area contributed by atoms with Gasteiger partial charge in [-0.1, -0.05) is 27.7 Å². The second-order valence-corrected chi connectivity index (χ2v) is 9.85. The summed E-state index contributed by atoms with van der Waals surface area (Å²) in [6.45, 7) is 4.75. The van der Waals surface area contributed by atoms with Crippen molar-refractivity contribution in [1.29, 1.82) is 0 Å². The van der Waals surface area contributed by atoms with Crippen LogP contribution in [0.1, 0.15) is 32.8 Å². The fourth-order valence-electron chi connectivity index (χ4n) is 3.42. The Bertz CT molecular complexity index is 787. The molecule has 154 valence electrons. The lowest BCUT2D eigenvalue weighted by Crippen LogP contribution is -2.51. The van der Waals surface area contributed by atoms with E-state index >= 15 is 0 Å². The molecule has 0 spiro atoms. The van der Waals surface area contributed by atoms with Crippen LogP contribution in [0.15, 0.2) is 27.7 Å². The minimum absolute atomic E-state index is 0.0414. The van der Waals surface area contributed by atoms with Gasteiger partial charge in [0.25, 0.3) is 0 Å². The Morgan fingerprint density at radius 3 is 2.93 bits per heavy atom. The molecule has 1 fully saturated rings. The van der Waals surface area contributed by atoms with Gasteiger partial charge < -0.3 is 9.47 Å². The number of rotatable bonds is 2. The van der Waals surface area contributed by atoms with Crippen LogP contribution < -0.4 is 5.32 Å². The van der Waals surface area contributed by atoms with E-state index in [0.29, 0.717) is 27.4 Å². The Balaban J connectivity index is 1.97. The minimum Gasteiger partial charge on any atom is -0.444 e. The highest BCUT2D eigenvalue weighted by atomic mass is 79.9. The molecule has 2 heterocycles. The topological polar surface area (TPSA) is 59.9 Å². The van der Waals surface area contributed by atoms with Crippen molar-refractivity contribution in [2.24, 2.45) is 10.9 Å². The fraction of sp³-hybridized carbons (Fsp3) is 0.579. The molecule has 3 rings (SSSR count). The van der Waals surface area contributed by atoms with Gasteiger partial charge in [0, 0.05) is 21.7 Å². The maximum Gasteiger partial charge on any atom is 0.413 e. The first-order chi connectivity index (χ1) is 13.1. The number of aliphatic imine (C=N–C) groups is 1. The van der Waals surface area contributed by atoms with Crippen LogP contribution in [0.4, 0.5) is 13.6 Å². The number of fused-ring (bicyclic) bond motifs is 1. The Morgan fingerprint density at radius 1 is 1.50 bits per heavy atom. The molecule has 1 saturated heterocycles. The number of nitrogens with zero attached hydrogens (tertiary/aromatic N) is 1. The Morgan fingerprint density at radius 2 is 2.25 bits per heavy atom. The molecule has 0 aromatic heterocycles. The van der Waals surface area contributed by atoms with Crippen molar-refractivity contribution >= 4 is 39.0 Å². The number of nitrogens with one attached hydrogen (secondary N) is 1.